The summed E-state index contributed by atoms with van der Waals surface area (Å²) in [6.07, 6.45) is 9.60. The molecule has 28 heavy (non-hydrogen) atoms. The second kappa shape index (κ2) is 7.78. The van der Waals surface area contributed by atoms with E-state index >= 15 is 0 Å². The number of aromatic nitrogens is 1. The smallest absolute Gasteiger partial charge is 0.163 e. The Bertz CT molecular complexity index is 857. The monoisotopic (exact) mass is 381 g/mol. The van der Waals surface area contributed by atoms with E-state index < -0.39 is 0 Å². The van der Waals surface area contributed by atoms with Crippen molar-refractivity contribution in [1.82, 2.24) is 9.88 Å². The van der Waals surface area contributed by atoms with Crippen LogP contribution in [-0.4, -0.2) is 47.8 Å². The summed E-state index contributed by atoms with van der Waals surface area (Å²) < 4.78 is 5.94. The molecule has 0 amide bonds. The molecule has 1 aromatic carbocycles. The van der Waals surface area contributed by atoms with Crippen LogP contribution in [0.5, 0.6) is 11.5 Å². The molecule has 1 aromatic heterocycles. The van der Waals surface area contributed by atoms with Gasteiger partial charge in [0, 0.05) is 35.9 Å². The number of pyridine rings is 1. The first-order chi connectivity index (χ1) is 13.8. The molecular formula is C23H31N3O2. The van der Waals surface area contributed by atoms with Gasteiger partial charge in [-0.3, -0.25) is 4.98 Å². The number of aryl methyl sites for hydroxylation is 1. The van der Waals surface area contributed by atoms with E-state index in [1.165, 1.54) is 62.1 Å². The average molecular weight is 382 g/mol. The first-order valence-electron chi connectivity index (χ1n) is 11.1. The average Bonchev–Trinajstić information content (AvgIpc) is 3.15. The lowest BCUT2D eigenvalue weighted by atomic mass is 10.1. The van der Waals surface area contributed by atoms with Crippen molar-refractivity contribution in [3.63, 3.8) is 0 Å². The van der Waals surface area contributed by atoms with Gasteiger partial charge in [0.2, 0.25) is 0 Å². The van der Waals surface area contributed by atoms with E-state index in [-0.39, 0.29) is 5.75 Å². The zero-order chi connectivity index (χ0) is 18.9. The summed E-state index contributed by atoms with van der Waals surface area (Å²) in [5.74, 6) is 1.60. The fraction of sp³-hybridized carbons (Fsp3) is 0.609. The van der Waals surface area contributed by atoms with Gasteiger partial charge < -0.3 is 20.1 Å². The number of phenolic OH excluding ortho intramolecular Hbond substituents is 1. The molecule has 2 heterocycles. The number of phenols is 1. The van der Waals surface area contributed by atoms with Crippen molar-refractivity contribution >= 4 is 16.6 Å². The molecule has 5 rings (SSSR count). The summed E-state index contributed by atoms with van der Waals surface area (Å²) in [4.78, 5) is 7.41. The van der Waals surface area contributed by atoms with Gasteiger partial charge in [0.1, 0.15) is 0 Å². The minimum absolute atomic E-state index is 0.225. The van der Waals surface area contributed by atoms with Crippen LogP contribution in [0, 0.1) is 5.92 Å². The summed E-state index contributed by atoms with van der Waals surface area (Å²) in [7, 11) is 0. The van der Waals surface area contributed by atoms with Crippen LogP contribution in [0.4, 0.5) is 5.69 Å². The molecule has 0 bridgehead atoms. The SMILES string of the molecule is Oc1cc2c(NCC3CC3)c3c(nc2cc1OCCCN1CCCC1)CCC3. The number of hydrogen-bond acceptors (Lipinski definition) is 5. The Labute approximate surface area is 167 Å². The van der Waals surface area contributed by atoms with Crippen LogP contribution >= 0.6 is 0 Å². The molecule has 2 aromatic rings. The third-order valence-electron chi connectivity index (χ3n) is 6.43. The van der Waals surface area contributed by atoms with E-state index in [1.807, 2.05) is 12.1 Å². The molecular weight excluding hydrogens is 350 g/mol. The Kier molecular flexibility index (Phi) is 5.02. The maximum Gasteiger partial charge on any atom is 0.163 e. The Hall–Kier alpha value is -2.01. The number of ether oxygens (including phenoxy) is 1. The van der Waals surface area contributed by atoms with Crippen LogP contribution < -0.4 is 10.1 Å². The maximum atomic E-state index is 10.6. The second-order valence-electron chi connectivity index (χ2n) is 8.68. The predicted molar refractivity (Wildman–Crippen MR) is 112 cm³/mol. The Morgan fingerprint density at radius 1 is 1.14 bits per heavy atom. The molecule has 3 aliphatic rings. The van der Waals surface area contributed by atoms with Gasteiger partial charge in [-0.2, -0.15) is 0 Å². The number of rotatable bonds is 8. The van der Waals surface area contributed by atoms with Gasteiger partial charge in [0.15, 0.2) is 11.5 Å². The van der Waals surface area contributed by atoms with Crippen LogP contribution in [0.15, 0.2) is 12.1 Å². The van der Waals surface area contributed by atoms with E-state index in [1.54, 1.807) is 0 Å². The summed E-state index contributed by atoms with van der Waals surface area (Å²) >= 11 is 0. The number of aromatic hydroxyl groups is 1. The number of likely N-dealkylation sites (tertiary alicyclic amines) is 1. The molecule has 150 valence electrons. The number of fused-ring (bicyclic) bond motifs is 2. The molecule has 2 aliphatic carbocycles. The third-order valence-corrected chi connectivity index (χ3v) is 6.43. The number of hydrogen-bond donors (Lipinski definition) is 2. The molecule has 0 atom stereocenters. The number of nitrogens with zero attached hydrogens (tertiary/aromatic N) is 2. The fourth-order valence-electron chi connectivity index (χ4n) is 4.64. The van der Waals surface area contributed by atoms with Gasteiger partial charge in [-0.1, -0.05) is 0 Å². The van der Waals surface area contributed by atoms with Crippen molar-refractivity contribution < 1.29 is 9.84 Å². The highest BCUT2D eigenvalue weighted by Crippen LogP contribution is 2.40. The first-order valence-corrected chi connectivity index (χ1v) is 11.1. The Morgan fingerprint density at radius 2 is 2.00 bits per heavy atom. The van der Waals surface area contributed by atoms with Crippen molar-refractivity contribution in [2.75, 3.05) is 38.1 Å². The topological polar surface area (TPSA) is 57.6 Å². The van der Waals surface area contributed by atoms with Crippen LogP contribution in [0.2, 0.25) is 0 Å². The molecule has 1 saturated carbocycles. The molecule has 0 radical (unpaired) electrons. The van der Waals surface area contributed by atoms with Crippen LogP contribution in [-0.2, 0) is 12.8 Å². The summed E-state index contributed by atoms with van der Waals surface area (Å²) in [6, 6.07) is 3.79. The van der Waals surface area contributed by atoms with Gasteiger partial charge >= 0.3 is 0 Å². The minimum atomic E-state index is 0.225. The van der Waals surface area contributed by atoms with Gasteiger partial charge in [-0.15, -0.1) is 0 Å². The lowest BCUT2D eigenvalue weighted by molar-refractivity contribution is 0.256. The molecule has 2 N–H and O–H groups in total. The van der Waals surface area contributed by atoms with Crippen molar-refractivity contribution in [3.8, 4) is 11.5 Å². The zero-order valence-electron chi connectivity index (χ0n) is 16.7. The van der Waals surface area contributed by atoms with Gasteiger partial charge in [-0.25, -0.2) is 0 Å². The van der Waals surface area contributed by atoms with E-state index in [4.69, 9.17) is 9.72 Å². The minimum Gasteiger partial charge on any atom is -0.504 e. The molecule has 2 fully saturated rings. The molecule has 1 saturated heterocycles. The van der Waals surface area contributed by atoms with Crippen molar-refractivity contribution in [3.05, 3.63) is 23.4 Å². The highest BCUT2D eigenvalue weighted by Gasteiger charge is 2.24. The maximum absolute atomic E-state index is 10.6. The van der Waals surface area contributed by atoms with Crippen molar-refractivity contribution in [1.29, 1.82) is 0 Å². The van der Waals surface area contributed by atoms with Gasteiger partial charge in [0.25, 0.3) is 0 Å². The second-order valence-corrected chi connectivity index (χ2v) is 8.68. The fourth-order valence-corrected chi connectivity index (χ4v) is 4.64. The quantitative estimate of drug-likeness (QED) is 0.674. The lowest BCUT2D eigenvalue weighted by Crippen LogP contribution is -2.21. The zero-order valence-corrected chi connectivity index (χ0v) is 16.7. The Balaban J connectivity index is 1.34. The van der Waals surface area contributed by atoms with E-state index in [0.717, 1.165) is 49.2 Å². The first kappa shape index (κ1) is 18.0. The highest BCUT2D eigenvalue weighted by molar-refractivity contribution is 5.95. The molecule has 5 nitrogen and oxygen atoms in total. The standard InChI is InChI=1S/C23H31N3O2/c27-21-13-18-20(14-22(21)28-12-4-11-26-9-1-2-10-26)25-19-6-3-5-17(19)23(18)24-15-16-7-8-16/h13-14,16,27H,1-12,15H2,(H,24,25). The normalized spacial score (nSPS) is 19.3. The molecule has 1 aliphatic heterocycles. The number of nitrogens with one attached hydrogen (secondary N) is 1. The van der Waals surface area contributed by atoms with Gasteiger partial charge in [-0.05, 0) is 82.0 Å². The summed E-state index contributed by atoms with van der Waals surface area (Å²) in [5.41, 5.74) is 4.70. The van der Waals surface area contributed by atoms with Crippen molar-refractivity contribution in [2.45, 2.75) is 51.4 Å². The lowest BCUT2D eigenvalue weighted by Gasteiger charge is -2.17. The van der Waals surface area contributed by atoms with Crippen LogP contribution in [0.3, 0.4) is 0 Å². The Morgan fingerprint density at radius 3 is 2.82 bits per heavy atom. The van der Waals surface area contributed by atoms with Gasteiger partial charge in [0.05, 0.1) is 12.1 Å². The largest absolute Gasteiger partial charge is 0.504 e. The van der Waals surface area contributed by atoms with Crippen LogP contribution in [0.25, 0.3) is 10.9 Å². The molecule has 0 spiro atoms. The summed E-state index contributed by atoms with van der Waals surface area (Å²) in [5, 5.41) is 15.3. The summed E-state index contributed by atoms with van der Waals surface area (Å²) in [6.45, 7) is 5.17. The van der Waals surface area contributed by atoms with E-state index in [0.29, 0.717) is 12.4 Å². The van der Waals surface area contributed by atoms with E-state index in [9.17, 15) is 5.11 Å². The van der Waals surface area contributed by atoms with Crippen molar-refractivity contribution in [2.24, 2.45) is 5.92 Å². The highest BCUT2D eigenvalue weighted by atomic mass is 16.5. The predicted octanol–water partition coefficient (Wildman–Crippen LogP) is 4.12. The molecule has 5 heteroatoms. The molecule has 0 unspecified atom stereocenters. The number of anilines is 1. The van der Waals surface area contributed by atoms with E-state index in [2.05, 4.69) is 10.2 Å². The third kappa shape index (κ3) is 3.77. The number of benzene rings is 1. The van der Waals surface area contributed by atoms with Crippen LogP contribution in [0.1, 0.15) is 49.8 Å².